The van der Waals surface area contributed by atoms with E-state index in [0.29, 0.717) is 13.2 Å². The van der Waals surface area contributed by atoms with E-state index < -0.39 is 0 Å². The number of fused-ring (bicyclic) bond motifs is 1. The zero-order valence-electron chi connectivity index (χ0n) is 11.0. The van der Waals surface area contributed by atoms with Crippen molar-refractivity contribution in [1.82, 2.24) is 10.5 Å². The number of hydroxylamine groups is 1. The van der Waals surface area contributed by atoms with E-state index in [9.17, 15) is 0 Å². The Morgan fingerprint density at radius 3 is 2.70 bits per heavy atom. The Morgan fingerprint density at radius 2 is 1.90 bits per heavy atom. The van der Waals surface area contributed by atoms with Crippen LogP contribution in [0.15, 0.2) is 54.7 Å². The van der Waals surface area contributed by atoms with Crippen molar-refractivity contribution in [3.63, 3.8) is 0 Å². The van der Waals surface area contributed by atoms with Crippen LogP contribution < -0.4 is 10.2 Å². The fraction of sp³-hybridized carbons (Fsp3) is 0.125. The molecule has 0 atom stereocenters. The number of aromatic nitrogens is 1. The van der Waals surface area contributed by atoms with Crippen molar-refractivity contribution in [3.05, 3.63) is 65.9 Å². The lowest BCUT2D eigenvalue weighted by Gasteiger charge is -2.09. The summed E-state index contributed by atoms with van der Waals surface area (Å²) in [7, 11) is 0. The van der Waals surface area contributed by atoms with E-state index in [1.807, 2.05) is 54.7 Å². The van der Waals surface area contributed by atoms with Crippen LogP contribution in [-0.4, -0.2) is 10.2 Å². The zero-order chi connectivity index (χ0) is 13.8. The minimum absolute atomic E-state index is 0.381. The number of hydrogen-bond acceptors (Lipinski definition) is 3. The lowest BCUT2D eigenvalue weighted by molar-refractivity contribution is 0.161. The second-order valence-electron chi connectivity index (χ2n) is 4.60. The number of rotatable bonds is 5. The van der Waals surface area contributed by atoms with Crippen molar-refractivity contribution in [2.45, 2.75) is 13.2 Å². The minimum Gasteiger partial charge on any atom is -0.488 e. The van der Waals surface area contributed by atoms with Gasteiger partial charge in [0.2, 0.25) is 0 Å². The van der Waals surface area contributed by atoms with E-state index in [-0.39, 0.29) is 0 Å². The van der Waals surface area contributed by atoms with Crippen molar-refractivity contribution < 1.29 is 9.94 Å². The summed E-state index contributed by atoms with van der Waals surface area (Å²) in [4.78, 5) is 3.18. The van der Waals surface area contributed by atoms with E-state index in [4.69, 9.17) is 9.94 Å². The summed E-state index contributed by atoms with van der Waals surface area (Å²) >= 11 is 0. The Labute approximate surface area is 117 Å². The van der Waals surface area contributed by atoms with Gasteiger partial charge in [-0.3, -0.25) is 0 Å². The molecular formula is C16H16N2O2. The molecule has 3 aromatic rings. The lowest BCUT2D eigenvalue weighted by atomic mass is 10.1. The van der Waals surface area contributed by atoms with Gasteiger partial charge < -0.3 is 14.9 Å². The zero-order valence-corrected chi connectivity index (χ0v) is 11.0. The maximum absolute atomic E-state index is 8.89. The van der Waals surface area contributed by atoms with Crippen molar-refractivity contribution in [2.24, 2.45) is 0 Å². The van der Waals surface area contributed by atoms with Gasteiger partial charge in [0.25, 0.3) is 0 Å². The van der Waals surface area contributed by atoms with Crippen molar-refractivity contribution in [2.75, 3.05) is 0 Å². The van der Waals surface area contributed by atoms with Crippen LogP contribution in [0.5, 0.6) is 5.75 Å². The van der Waals surface area contributed by atoms with Gasteiger partial charge in [-0.05, 0) is 23.3 Å². The molecule has 1 heterocycles. The Balaban J connectivity index is 1.89. The normalized spacial score (nSPS) is 10.8. The molecule has 1 aromatic heterocycles. The highest BCUT2D eigenvalue weighted by Gasteiger charge is 2.09. The smallest absolute Gasteiger partial charge is 0.129 e. The number of benzene rings is 2. The molecule has 0 saturated carbocycles. The van der Waals surface area contributed by atoms with E-state index >= 15 is 0 Å². The molecule has 0 amide bonds. The molecule has 3 rings (SSSR count). The van der Waals surface area contributed by atoms with Gasteiger partial charge in [0, 0.05) is 23.6 Å². The first-order valence-corrected chi connectivity index (χ1v) is 6.51. The van der Waals surface area contributed by atoms with Gasteiger partial charge in [-0.2, -0.15) is 0 Å². The highest BCUT2D eigenvalue weighted by atomic mass is 16.5. The van der Waals surface area contributed by atoms with Crippen molar-refractivity contribution >= 4 is 10.9 Å². The number of nitrogens with one attached hydrogen (secondary N) is 2. The van der Waals surface area contributed by atoms with Crippen LogP contribution in [0.2, 0.25) is 0 Å². The molecule has 0 radical (unpaired) electrons. The molecule has 4 nitrogen and oxygen atoms in total. The van der Waals surface area contributed by atoms with E-state index in [2.05, 4.69) is 10.5 Å². The van der Waals surface area contributed by atoms with Gasteiger partial charge in [0.15, 0.2) is 0 Å². The second kappa shape index (κ2) is 5.77. The molecule has 0 aliphatic carbocycles. The Kier molecular flexibility index (Phi) is 3.67. The van der Waals surface area contributed by atoms with Crippen LogP contribution in [0, 0.1) is 0 Å². The molecule has 0 saturated heterocycles. The Bertz CT molecular complexity index is 692. The first kappa shape index (κ1) is 12.7. The first-order chi connectivity index (χ1) is 9.88. The molecular weight excluding hydrogens is 252 g/mol. The minimum atomic E-state index is 0.381. The van der Waals surface area contributed by atoms with Crippen LogP contribution in [0.1, 0.15) is 11.1 Å². The van der Waals surface area contributed by atoms with Crippen LogP contribution >= 0.6 is 0 Å². The van der Waals surface area contributed by atoms with Gasteiger partial charge in [0.05, 0.1) is 0 Å². The van der Waals surface area contributed by atoms with Gasteiger partial charge >= 0.3 is 0 Å². The molecule has 0 spiro atoms. The third kappa shape index (κ3) is 2.52. The molecule has 3 N–H and O–H groups in total. The second-order valence-corrected chi connectivity index (χ2v) is 4.60. The number of H-pyrrole nitrogens is 1. The predicted molar refractivity (Wildman–Crippen MR) is 77.7 cm³/mol. The highest BCUT2D eigenvalue weighted by molar-refractivity contribution is 5.89. The largest absolute Gasteiger partial charge is 0.488 e. The van der Waals surface area contributed by atoms with Gasteiger partial charge in [-0.15, -0.1) is 0 Å². The molecule has 0 fully saturated rings. The SMILES string of the molecule is ONCc1c[nH]c2cccc(OCc3ccccc3)c12. The summed E-state index contributed by atoms with van der Waals surface area (Å²) in [6.07, 6.45) is 1.88. The van der Waals surface area contributed by atoms with Crippen LogP contribution in [0.3, 0.4) is 0 Å². The third-order valence-electron chi connectivity index (χ3n) is 3.26. The molecule has 4 heteroatoms. The molecule has 0 unspecified atom stereocenters. The topological polar surface area (TPSA) is 57.3 Å². The Morgan fingerprint density at radius 1 is 1.05 bits per heavy atom. The monoisotopic (exact) mass is 268 g/mol. The van der Waals surface area contributed by atoms with Gasteiger partial charge in [0.1, 0.15) is 12.4 Å². The summed E-state index contributed by atoms with van der Waals surface area (Å²) in [6.45, 7) is 0.906. The molecule has 0 aliphatic heterocycles. The van der Waals surface area contributed by atoms with E-state index in [0.717, 1.165) is 27.8 Å². The fourth-order valence-electron chi connectivity index (χ4n) is 2.30. The number of aromatic amines is 1. The average Bonchev–Trinajstić information content (AvgIpc) is 2.91. The third-order valence-corrected chi connectivity index (χ3v) is 3.26. The highest BCUT2D eigenvalue weighted by Crippen LogP contribution is 2.29. The molecule has 20 heavy (non-hydrogen) atoms. The standard InChI is InChI=1S/C16H16N2O2/c19-18-10-13-9-17-14-7-4-8-15(16(13)14)20-11-12-5-2-1-3-6-12/h1-9,17-19H,10-11H2. The van der Waals surface area contributed by atoms with Crippen molar-refractivity contribution in [1.29, 1.82) is 0 Å². The van der Waals surface area contributed by atoms with Gasteiger partial charge in [-0.1, -0.05) is 36.4 Å². The van der Waals surface area contributed by atoms with E-state index in [1.54, 1.807) is 0 Å². The van der Waals surface area contributed by atoms with Crippen LogP contribution in [0.4, 0.5) is 0 Å². The molecule has 0 aliphatic rings. The summed E-state index contributed by atoms with van der Waals surface area (Å²) in [5, 5.41) is 9.90. The summed E-state index contributed by atoms with van der Waals surface area (Å²) in [5.41, 5.74) is 5.29. The first-order valence-electron chi connectivity index (χ1n) is 6.51. The molecule has 102 valence electrons. The van der Waals surface area contributed by atoms with Crippen LogP contribution in [0.25, 0.3) is 10.9 Å². The molecule has 0 bridgehead atoms. The predicted octanol–water partition coefficient (Wildman–Crippen LogP) is 3.23. The summed E-state index contributed by atoms with van der Waals surface area (Å²) in [6, 6.07) is 15.9. The summed E-state index contributed by atoms with van der Waals surface area (Å²) in [5.74, 6) is 0.817. The average molecular weight is 268 g/mol. The van der Waals surface area contributed by atoms with Crippen molar-refractivity contribution in [3.8, 4) is 5.75 Å². The molecule has 2 aromatic carbocycles. The number of ether oxygens (including phenoxy) is 1. The number of hydrogen-bond donors (Lipinski definition) is 3. The van der Waals surface area contributed by atoms with Crippen LogP contribution in [-0.2, 0) is 13.2 Å². The fourth-order valence-corrected chi connectivity index (χ4v) is 2.30. The lowest BCUT2D eigenvalue weighted by Crippen LogP contribution is -2.05. The maximum Gasteiger partial charge on any atom is 0.129 e. The Hall–Kier alpha value is -2.30. The summed E-state index contributed by atoms with van der Waals surface area (Å²) < 4.78 is 5.92. The van der Waals surface area contributed by atoms with E-state index in [1.165, 1.54) is 0 Å². The maximum atomic E-state index is 8.89. The quantitative estimate of drug-likeness (QED) is 0.623. The van der Waals surface area contributed by atoms with Gasteiger partial charge in [-0.25, -0.2) is 5.48 Å².